The summed E-state index contributed by atoms with van der Waals surface area (Å²) >= 11 is 0. The molecule has 26 heavy (non-hydrogen) atoms. The van der Waals surface area contributed by atoms with Gasteiger partial charge in [-0.1, -0.05) is 19.1 Å². The summed E-state index contributed by atoms with van der Waals surface area (Å²) in [7, 11) is -2.52. The number of hydrogen-bond donors (Lipinski definition) is 1. The SMILES string of the molecule is CCc1cc(S(=O)(=O)NCc2cccc(F)c2)ccc1OCC(=O)OC. The highest BCUT2D eigenvalue weighted by Gasteiger charge is 2.16. The van der Waals surface area contributed by atoms with Gasteiger partial charge in [0.2, 0.25) is 10.0 Å². The quantitative estimate of drug-likeness (QED) is 0.710. The van der Waals surface area contributed by atoms with Gasteiger partial charge in [-0.15, -0.1) is 0 Å². The second kappa shape index (κ2) is 8.77. The number of methoxy groups -OCH3 is 1. The van der Waals surface area contributed by atoms with E-state index in [1.807, 2.05) is 6.92 Å². The molecule has 0 aliphatic heterocycles. The molecule has 0 atom stereocenters. The summed E-state index contributed by atoms with van der Waals surface area (Å²) in [6.45, 7) is 1.56. The largest absolute Gasteiger partial charge is 0.482 e. The summed E-state index contributed by atoms with van der Waals surface area (Å²) in [4.78, 5) is 11.2. The number of rotatable bonds is 8. The van der Waals surface area contributed by atoms with E-state index in [2.05, 4.69) is 9.46 Å². The topological polar surface area (TPSA) is 81.7 Å². The van der Waals surface area contributed by atoms with E-state index >= 15 is 0 Å². The lowest BCUT2D eigenvalue weighted by Gasteiger charge is -2.12. The molecule has 0 unspecified atom stereocenters. The first-order chi connectivity index (χ1) is 12.4. The van der Waals surface area contributed by atoms with Gasteiger partial charge in [0, 0.05) is 6.54 Å². The van der Waals surface area contributed by atoms with Crippen molar-refractivity contribution in [2.24, 2.45) is 0 Å². The highest BCUT2D eigenvalue weighted by Crippen LogP contribution is 2.23. The normalized spacial score (nSPS) is 11.2. The van der Waals surface area contributed by atoms with Gasteiger partial charge < -0.3 is 9.47 Å². The van der Waals surface area contributed by atoms with Crippen molar-refractivity contribution in [3.63, 3.8) is 0 Å². The van der Waals surface area contributed by atoms with Crippen LogP contribution in [0.2, 0.25) is 0 Å². The fourth-order valence-corrected chi connectivity index (χ4v) is 3.31. The van der Waals surface area contributed by atoms with Crippen molar-refractivity contribution in [3.8, 4) is 5.75 Å². The zero-order valence-electron chi connectivity index (χ0n) is 14.5. The Kier molecular flexibility index (Phi) is 6.70. The number of ether oxygens (including phenoxy) is 2. The van der Waals surface area contributed by atoms with Gasteiger partial charge in [0.1, 0.15) is 11.6 Å². The third kappa shape index (κ3) is 5.27. The second-order valence-electron chi connectivity index (χ2n) is 5.44. The highest BCUT2D eigenvalue weighted by atomic mass is 32.2. The van der Waals surface area contributed by atoms with Gasteiger partial charge in [-0.25, -0.2) is 22.3 Å². The first-order valence-corrected chi connectivity index (χ1v) is 9.40. The predicted octanol–water partition coefficient (Wildman–Crippen LogP) is 2.42. The van der Waals surface area contributed by atoms with Crippen LogP contribution in [0.15, 0.2) is 47.4 Å². The average Bonchev–Trinajstić information content (AvgIpc) is 2.64. The molecule has 140 valence electrons. The minimum absolute atomic E-state index is 0.0257. The lowest BCUT2D eigenvalue weighted by atomic mass is 10.1. The predicted molar refractivity (Wildman–Crippen MR) is 93.8 cm³/mol. The maximum atomic E-state index is 13.2. The van der Waals surface area contributed by atoms with Crippen molar-refractivity contribution in [2.45, 2.75) is 24.8 Å². The minimum Gasteiger partial charge on any atom is -0.482 e. The molecule has 1 N–H and O–H groups in total. The molecule has 0 amide bonds. The molecule has 0 saturated carbocycles. The second-order valence-corrected chi connectivity index (χ2v) is 7.21. The lowest BCUT2D eigenvalue weighted by Crippen LogP contribution is -2.23. The van der Waals surface area contributed by atoms with Gasteiger partial charge in [-0.3, -0.25) is 0 Å². The fourth-order valence-electron chi connectivity index (χ4n) is 2.24. The Morgan fingerprint density at radius 3 is 2.62 bits per heavy atom. The van der Waals surface area contributed by atoms with E-state index in [0.29, 0.717) is 23.3 Å². The number of sulfonamides is 1. The van der Waals surface area contributed by atoms with Gasteiger partial charge in [-0.05, 0) is 47.9 Å². The van der Waals surface area contributed by atoms with Gasteiger partial charge in [-0.2, -0.15) is 0 Å². The number of nitrogens with one attached hydrogen (secondary N) is 1. The van der Waals surface area contributed by atoms with Gasteiger partial charge in [0.25, 0.3) is 0 Å². The van der Waals surface area contributed by atoms with Crippen molar-refractivity contribution in [1.29, 1.82) is 0 Å². The fraction of sp³-hybridized carbons (Fsp3) is 0.278. The zero-order chi connectivity index (χ0) is 19.2. The summed E-state index contributed by atoms with van der Waals surface area (Å²) in [5.41, 5.74) is 1.16. The van der Waals surface area contributed by atoms with E-state index in [-0.39, 0.29) is 18.0 Å². The van der Waals surface area contributed by atoms with E-state index in [4.69, 9.17) is 4.74 Å². The molecule has 6 nitrogen and oxygen atoms in total. The van der Waals surface area contributed by atoms with E-state index in [9.17, 15) is 17.6 Å². The van der Waals surface area contributed by atoms with Crippen molar-refractivity contribution < 1.29 is 27.1 Å². The van der Waals surface area contributed by atoms with Crippen LogP contribution in [0.1, 0.15) is 18.1 Å². The third-order valence-corrected chi connectivity index (χ3v) is 5.05. The van der Waals surface area contributed by atoms with E-state index in [1.54, 1.807) is 6.07 Å². The average molecular weight is 381 g/mol. The number of carbonyl (C=O) groups is 1. The Hall–Kier alpha value is -2.45. The van der Waals surface area contributed by atoms with Crippen molar-refractivity contribution in [1.82, 2.24) is 4.72 Å². The Morgan fingerprint density at radius 2 is 1.96 bits per heavy atom. The number of esters is 1. The van der Waals surface area contributed by atoms with E-state index < -0.39 is 21.8 Å². The molecule has 8 heteroatoms. The number of aryl methyl sites for hydroxylation is 1. The first kappa shape index (κ1) is 19.9. The highest BCUT2D eigenvalue weighted by molar-refractivity contribution is 7.89. The smallest absolute Gasteiger partial charge is 0.343 e. The lowest BCUT2D eigenvalue weighted by molar-refractivity contribution is -0.142. The molecule has 0 spiro atoms. The molecule has 0 bridgehead atoms. The van der Waals surface area contributed by atoms with Crippen LogP contribution < -0.4 is 9.46 Å². The Morgan fingerprint density at radius 1 is 1.19 bits per heavy atom. The number of benzene rings is 2. The molecule has 2 rings (SSSR count). The monoisotopic (exact) mass is 381 g/mol. The van der Waals surface area contributed by atoms with Crippen LogP contribution in [0, 0.1) is 5.82 Å². The molecule has 2 aromatic rings. The minimum atomic E-state index is -3.78. The summed E-state index contributed by atoms with van der Waals surface area (Å²) in [5.74, 6) is -0.537. The van der Waals surface area contributed by atoms with Gasteiger partial charge in [0.15, 0.2) is 6.61 Å². The molecule has 0 saturated heterocycles. The van der Waals surface area contributed by atoms with Crippen LogP contribution in [-0.4, -0.2) is 28.1 Å². The molecule has 0 radical (unpaired) electrons. The molecular formula is C18H20FNO5S. The zero-order valence-corrected chi connectivity index (χ0v) is 15.3. The maximum Gasteiger partial charge on any atom is 0.343 e. The molecule has 0 aromatic heterocycles. The molecule has 0 fully saturated rings. The summed E-state index contributed by atoms with van der Waals surface area (Å²) in [6, 6.07) is 10.1. The summed E-state index contributed by atoms with van der Waals surface area (Å²) in [6.07, 6.45) is 0.518. The first-order valence-electron chi connectivity index (χ1n) is 7.92. The molecule has 0 aliphatic rings. The van der Waals surface area contributed by atoms with Crippen LogP contribution in [0.5, 0.6) is 5.75 Å². The van der Waals surface area contributed by atoms with Crippen molar-refractivity contribution >= 4 is 16.0 Å². The summed E-state index contributed by atoms with van der Waals surface area (Å²) < 4.78 is 50.4. The van der Waals surface area contributed by atoms with E-state index in [0.717, 1.165) is 0 Å². The Labute approximate surface area is 152 Å². The Bertz CT molecular complexity index is 883. The number of carbonyl (C=O) groups excluding carboxylic acids is 1. The number of halogens is 1. The van der Waals surface area contributed by atoms with Crippen LogP contribution in [0.3, 0.4) is 0 Å². The summed E-state index contributed by atoms with van der Waals surface area (Å²) in [5, 5.41) is 0. The van der Waals surface area contributed by atoms with Gasteiger partial charge >= 0.3 is 5.97 Å². The van der Waals surface area contributed by atoms with Crippen molar-refractivity contribution in [2.75, 3.05) is 13.7 Å². The maximum absolute atomic E-state index is 13.2. The molecule has 0 aliphatic carbocycles. The van der Waals surface area contributed by atoms with Crippen LogP contribution >= 0.6 is 0 Å². The van der Waals surface area contributed by atoms with E-state index in [1.165, 1.54) is 43.5 Å². The molecule has 0 heterocycles. The van der Waals surface area contributed by atoms with Crippen LogP contribution in [0.4, 0.5) is 4.39 Å². The molecule has 2 aromatic carbocycles. The van der Waals surface area contributed by atoms with Crippen LogP contribution in [-0.2, 0) is 32.5 Å². The van der Waals surface area contributed by atoms with Crippen LogP contribution in [0.25, 0.3) is 0 Å². The standard InChI is InChI=1S/C18H20FNO5S/c1-3-14-10-16(7-8-17(14)25-12-18(21)24-2)26(22,23)20-11-13-5-4-6-15(19)9-13/h4-10,20H,3,11-12H2,1-2H3. The Balaban J connectivity index is 2.14. The number of hydrogen-bond acceptors (Lipinski definition) is 5. The van der Waals surface area contributed by atoms with Gasteiger partial charge in [0.05, 0.1) is 12.0 Å². The molecular weight excluding hydrogens is 361 g/mol. The third-order valence-electron chi connectivity index (χ3n) is 3.65. The van der Waals surface area contributed by atoms with Crippen molar-refractivity contribution in [3.05, 3.63) is 59.4 Å².